The van der Waals surface area contributed by atoms with Gasteiger partial charge in [-0.3, -0.25) is 4.79 Å². The van der Waals surface area contributed by atoms with Crippen LogP contribution in [0.1, 0.15) is 24.8 Å². The van der Waals surface area contributed by atoms with Crippen LogP contribution in [0.2, 0.25) is 0 Å². The summed E-state index contributed by atoms with van der Waals surface area (Å²) in [5, 5.41) is 9.33. The summed E-state index contributed by atoms with van der Waals surface area (Å²) < 4.78 is 0. The van der Waals surface area contributed by atoms with Crippen molar-refractivity contribution in [2.45, 2.75) is 37.1 Å². The largest absolute Gasteiger partial charge is 0.394 e. The fourth-order valence-corrected chi connectivity index (χ4v) is 3.17. The summed E-state index contributed by atoms with van der Waals surface area (Å²) in [7, 11) is 0. The van der Waals surface area contributed by atoms with Gasteiger partial charge in [0.05, 0.1) is 18.4 Å². The number of piperidine rings is 1. The topological polar surface area (TPSA) is 40.5 Å². The number of rotatable bonds is 4. The van der Waals surface area contributed by atoms with Crippen molar-refractivity contribution in [2.24, 2.45) is 0 Å². The molecule has 0 saturated carbocycles. The highest BCUT2D eigenvalue weighted by molar-refractivity contribution is 8.00. The van der Waals surface area contributed by atoms with Gasteiger partial charge in [-0.2, -0.15) is 0 Å². The first kappa shape index (κ1) is 14.4. The molecule has 0 spiro atoms. The first-order chi connectivity index (χ1) is 9.20. The number of likely N-dealkylation sites (tertiary alicyclic amines) is 1. The zero-order valence-electron chi connectivity index (χ0n) is 11.3. The zero-order chi connectivity index (χ0) is 13.7. The van der Waals surface area contributed by atoms with Gasteiger partial charge in [-0.25, -0.2) is 0 Å². The van der Waals surface area contributed by atoms with Gasteiger partial charge in [0.25, 0.3) is 0 Å². The molecule has 0 aliphatic carbocycles. The molecule has 0 radical (unpaired) electrons. The summed E-state index contributed by atoms with van der Waals surface area (Å²) in [5.41, 5.74) is 1.23. The number of aliphatic hydroxyl groups is 1. The predicted molar refractivity (Wildman–Crippen MR) is 78.3 cm³/mol. The van der Waals surface area contributed by atoms with Crippen LogP contribution in [0.25, 0.3) is 0 Å². The quantitative estimate of drug-likeness (QED) is 0.861. The Kier molecular flexibility index (Phi) is 5.28. The molecule has 4 heteroatoms. The molecule has 1 atom stereocenters. The minimum atomic E-state index is 0.0277. The Labute approximate surface area is 119 Å². The number of aryl methyl sites for hydroxylation is 1. The van der Waals surface area contributed by atoms with E-state index < -0.39 is 0 Å². The van der Waals surface area contributed by atoms with Crippen LogP contribution < -0.4 is 0 Å². The molecule has 104 valence electrons. The van der Waals surface area contributed by atoms with E-state index in [1.54, 1.807) is 11.8 Å². The fraction of sp³-hybridized carbons (Fsp3) is 0.533. The lowest BCUT2D eigenvalue weighted by Crippen LogP contribution is -2.46. The molecule has 1 N–H and O–H groups in total. The molecule has 19 heavy (non-hydrogen) atoms. The van der Waals surface area contributed by atoms with Gasteiger partial charge in [-0.15, -0.1) is 11.8 Å². The van der Waals surface area contributed by atoms with E-state index in [0.717, 1.165) is 30.7 Å². The maximum Gasteiger partial charge on any atom is 0.233 e. The Balaban J connectivity index is 1.87. The molecule has 0 bridgehead atoms. The lowest BCUT2D eigenvalue weighted by Gasteiger charge is -2.34. The van der Waals surface area contributed by atoms with E-state index in [9.17, 15) is 9.90 Å². The highest BCUT2D eigenvalue weighted by Crippen LogP contribution is 2.22. The summed E-state index contributed by atoms with van der Waals surface area (Å²) in [5.74, 6) is 0.601. The molecule has 1 heterocycles. The highest BCUT2D eigenvalue weighted by atomic mass is 32.2. The maximum absolute atomic E-state index is 12.2. The number of benzene rings is 1. The molecule has 1 amide bonds. The van der Waals surface area contributed by atoms with E-state index in [1.165, 1.54) is 5.56 Å². The third-order valence-corrected chi connectivity index (χ3v) is 4.54. The van der Waals surface area contributed by atoms with Crippen molar-refractivity contribution in [1.82, 2.24) is 4.90 Å². The Morgan fingerprint density at radius 1 is 1.37 bits per heavy atom. The molecule has 1 aliphatic rings. The van der Waals surface area contributed by atoms with Gasteiger partial charge in [-0.1, -0.05) is 17.7 Å². The average molecular weight is 279 g/mol. The third kappa shape index (κ3) is 3.98. The normalized spacial score (nSPS) is 19.5. The van der Waals surface area contributed by atoms with Crippen LogP contribution in [0.5, 0.6) is 0 Å². The lowest BCUT2D eigenvalue weighted by atomic mass is 10.0. The van der Waals surface area contributed by atoms with Crippen LogP contribution >= 0.6 is 11.8 Å². The van der Waals surface area contributed by atoms with Crippen molar-refractivity contribution < 1.29 is 9.90 Å². The standard InChI is InChI=1S/C15H21NO2S/c1-12-5-7-14(8-6-12)19-11-15(18)16-9-3-2-4-13(16)10-17/h5-8,13,17H,2-4,9-11H2,1H3. The first-order valence-corrected chi connectivity index (χ1v) is 7.79. The lowest BCUT2D eigenvalue weighted by molar-refractivity contribution is -0.132. The second-order valence-electron chi connectivity index (χ2n) is 5.02. The molecule has 1 unspecified atom stereocenters. The predicted octanol–water partition coefficient (Wildman–Crippen LogP) is 2.46. The monoisotopic (exact) mass is 279 g/mol. The molecule has 1 aliphatic heterocycles. The van der Waals surface area contributed by atoms with Crippen LogP contribution in [0.15, 0.2) is 29.2 Å². The second-order valence-corrected chi connectivity index (χ2v) is 6.07. The summed E-state index contributed by atoms with van der Waals surface area (Å²) in [6, 6.07) is 8.24. The van der Waals surface area contributed by atoms with Gasteiger partial charge in [0.2, 0.25) is 5.91 Å². The van der Waals surface area contributed by atoms with E-state index >= 15 is 0 Å². The maximum atomic E-state index is 12.2. The number of carbonyl (C=O) groups is 1. The molecule has 3 nitrogen and oxygen atoms in total. The Morgan fingerprint density at radius 3 is 2.79 bits per heavy atom. The van der Waals surface area contributed by atoms with Gasteiger partial charge >= 0.3 is 0 Å². The molecule has 1 fully saturated rings. The smallest absolute Gasteiger partial charge is 0.233 e. The molecule has 1 aromatic carbocycles. The highest BCUT2D eigenvalue weighted by Gasteiger charge is 2.25. The van der Waals surface area contributed by atoms with E-state index in [0.29, 0.717) is 5.75 Å². The van der Waals surface area contributed by atoms with Gasteiger partial charge in [0.1, 0.15) is 0 Å². The summed E-state index contributed by atoms with van der Waals surface area (Å²) in [6.45, 7) is 2.93. The van der Waals surface area contributed by atoms with Gasteiger partial charge in [0.15, 0.2) is 0 Å². The van der Waals surface area contributed by atoms with Crippen molar-refractivity contribution in [3.63, 3.8) is 0 Å². The second kappa shape index (κ2) is 6.96. The first-order valence-electron chi connectivity index (χ1n) is 6.80. The van der Waals surface area contributed by atoms with Crippen LogP contribution in [0, 0.1) is 6.92 Å². The molecule has 1 saturated heterocycles. The SMILES string of the molecule is Cc1ccc(SCC(=O)N2CCCCC2CO)cc1. The number of amides is 1. The van der Waals surface area contributed by atoms with Gasteiger partial charge in [0, 0.05) is 11.4 Å². The molecule has 1 aromatic rings. The fourth-order valence-electron chi connectivity index (χ4n) is 2.38. The van der Waals surface area contributed by atoms with E-state index in [2.05, 4.69) is 19.1 Å². The average Bonchev–Trinajstić information content (AvgIpc) is 2.46. The molecule has 2 rings (SSSR count). The molecular formula is C15H21NO2S. The number of nitrogens with zero attached hydrogens (tertiary/aromatic N) is 1. The van der Waals surface area contributed by atoms with E-state index in [-0.39, 0.29) is 18.6 Å². The van der Waals surface area contributed by atoms with Crippen LogP contribution in [0.3, 0.4) is 0 Å². The minimum absolute atomic E-state index is 0.0277. The Morgan fingerprint density at radius 2 is 2.11 bits per heavy atom. The van der Waals surface area contributed by atoms with Crippen molar-refractivity contribution in [3.8, 4) is 0 Å². The number of aliphatic hydroxyl groups excluding tert-OH is 1. The molecular weight excluding hydrogens is 258 g/mol. The van der Waals surface area contributed by atoms with E-state index in [1.807, 2.05) is 17.0 Å². The van der Waals surface area contributed by atoms with Crippen molar-refractivity contribution in [3.05, 3.63) is 29.8 Å². The number of carbonyl (C=O) groups excluding carboxylic acids is 1. The third-order valence-electron chi connectivity index (χ3n) is 3.54. The summed E-state index contributed by atoms with van der Waals surface area (Å²) in [6.07, 6.45) is 3.09. The minimum Gasteiger partial charge on any atom is -0.394 e. The van der Waals surface area contributed by atoms with Crippen LogP contribution in [0.4, 0.5) is 0 Å². The number of hydrogen-bond donors (Lipinski definition) is 1. The van der Waals surface area contributed by atoms with E-state index in [4.69, 9.17) is 0 Å². The van der Waals surface area contributed by atoms with Crippen molar-refractivity contribution >= 4 is 17.7 Å². The van der Waals surface area contributed by atoms with Crippen molar-refractivity contribution in [1.29, 1.82) is 0 Å². The summed E-state index contributed by atoms with van der Waals surface area (Å²) in [4.78, 5) is 15.2. The Bertz CT molecular complexity index is 419. The Hall–Kier alpha value is -1.00. The summed E-state index contributed by atoms with van der Waals surface area (Å²) >= 11 is 1.57. The zero-order valence-corrected chi connectivity index (χ0v) is 12.2. The van der Waals surface area contributed by atoms with Crippen LogP contribution in [-0.2, 0) is 4.79 Å². The van der Waals surface area contributed by atoms with Gasteiger partial charge in [-0.05, 0) is 38.3 Å². The van der Waals surface area contributed by atoms with Crippen LogP contribution in [-0.4, -0.2) is 40.9 Å². The molecule has 0 aromatic heterocycles. The number of hydrogen-bond acceptors (Lipinski definition) is 3. The van der Waals surface area contributed by atoms with Gasteiger partial charge < -0.3 is 10.0 Å². The number of thioether (sulfide) groups is 1. The van der Waals surface area contributed by atoms with Crippen molar-refractivity contribution in [2.75, 3.05) is 18.9 Å².